The minimum Gasteiger partial charge on any atom is -0.497 e. The number of hydrogen-bond acceptors (Lipinski definition) is 8. The fraction of sp³-hybridized carbons (Fsp3) is 0.350. The van der Waals surface area contributed by atoms with Gasteiger partial charge in [-0.05, 0) is 60.4 Å². The molecule has 11 nitrogen and oxygen atoms in total. The third-order valence-electron chi connectivity index (χ3n) is 9.34. The number of carbonyl (C=O) groups is 2. The molecule has 0 saturated heterocycles. The van der Waals surface area contributed by atoms with Crippen molar-refractivity contribution < 1.29 is 37.0 Å². The van der Waals surface area contributed by atoms with Crippen molar-refractivity contribution in [2.75, 3.05) is 39.3 Å². The molecule has 1 N–H and O–H groups in total. The number of anilines is 1. The molecule has 1 fully saturated rings. The summed E-state index contributed by atoms with van der Waals surface area (Å²) < 4.78 is 53.2. The number of methoxy groups -OCH3 is 4. The smallest absolute Gasteiger partial charge is 0.265 e. The fourth-order valence-corrected chi connectivity index (χ4v) is 8.42. The molecule has 13 heteroatoms. The van der Waals surface area contributed by atoms with Gasteiger partial charge in [0, 0.05) is 35.6 Å². The molecule has 1 aliphatic carbocycles. The second-order valence-corrected chi connectivity index (χ2v) is 15.5. The van der Waals surface area contributed by atoms with Gasteiger partial charge in [-0.2, -0.15) is 0 Å². The minimum absolute atomic E-state index is 0.0136. The molecule has 0 aromatic heterocycles. The number of nitrogens with one attached hydrogen (secondary N) is 1. The number of carbonyl (C=O) groups excluding carboxylic acids is 2. The van der Waals surface area contributed by atoms with E-state index in [2.05, 4.69) is 21.2 Å². The number of nitrogens with zero attached hydrogens (tertiary/aromatic N) is 2. The normalized spacial score (nSPS) is 13.8. The molecular weight excluding hydrogens is 762 g/mol. The lowest BCUT2D eigenvalue weighted by molar-refractivity contribution is -0.140. The lowest BCUT2D eigenvalue weighted by Gasteiger charge is -2.35. The van der Waals surface area contributed by atoms with Crippen LogP contribution >= 0.6 is 15.9 Å². The summed E-state index contributed by atoms with van der Waals surface area (Å²) in [5.74, 6) is 0.172. The molecule has 2 amide bonds. The Kier molecular flexibility index (Phi) is 13.6. The molecule has 4 aromatic carbocycles. The van der Waals surface area contributed by atoms with E-state index in [1.54, 1.807) is 12.1 Å². The van der Waals surface area contributed by atoms with Gasteiger partial charge in [-0.15, -0.1) is 0 Å². The molecule has 1 atom stereocenters. The SMILES string of the molecule is COc1ccc(OC)c(N(CC(=O)N(Cc2cccc(Br)c2)C(Cc2ccccc2)C(=O)NC2CCCCC2)S(=O)(=O)c2ccc(OC)c(OC)c2)c1. The van der Waals surface area contributed by atoms with E-state index in [4.69, 9.17) is 18.9 Å². The van der Waals surface area contributed by atoms with Gasteiger partial charge in [0.05, 0.1) is 39.0 Å². The largest absolute Gasteiger partial charge is 0.497 e. The summed E-state index contributed by atoms with van der Waals surface area (Å²) in [6, 6.07) is 24.9. The number of hydrogen-bond donors (Lipinski definition) is 1. The first-order valence-electron chi connectivity index (χ1n) is 17.4. The first-order chi connectivity index (χ1) is 25.6. The van der Waals surface area contributed by atoms with Crippen molar-refractivity contribution in [3.05, 3.63) is 107 Å². The van der Waals surface area contributed by atoms with Crippen LogP contribution in [0.4, 0.5) is 5.69 Å². The van der Waals surface area contributed by atoms with E-state index in [9.17, 15) is 13.2 Å². The van der Waals surface area contributed by atoms with E-state index in [1.807, 2.05) is 54.6 Å². The standard InChI is InChI=1S/C40H46BrN3O8S/c1-49-32-18-20-36(50-2)34(24-32)44(53(47,48)33-19-21-37(51-3)38(25-33)52-4)27-39(45)43(26-29-14-11-15-30(41)22-29)35(23-28-12-7-5-8-13-28)40(46)42-31-16-9-6-10-17-31/h5,7-8,11-15,18-22,24-25,31,35H,6,9-10,16-17,23,26-27H2,1-4H3,(H,42,46). The van der Waals surface area contributed by atoms with Crippen LogP contribution in [0.1, 0.15) is 43.2 Å². The summed E-state index contributed by atoms with van der Waals surface area (Å²) in [5.41, 5.74) is 1.68. The van der Waals surface area contributed by atoms with Crippen molar-refractivity contribution in [2.45, 2.75) is 62.0 Å². The lowest BCUT2D eigenvalue weighted by Crippen LogP contribution is -2.55. The maximum absolute atomic E-state index is 15.0. The highest BCUT2D eigenvalue weighted by atomic mass is 79.9. The topological polar surface area (TPSA) is 124 Å². The zero-order chi connectivity index (χ0) is 38.0. The number of amides is 2. The maximum Gasteiger partial charge on any atom is 0.265 e. The summed E-state index contributed by atoms with van der Waals surface area (Å²) in [5, 5.41) is 3.23. The number of sulfonamides is 1. The molecule has 4 aromatic rings. The molecule has 0 heterocycles. The summed E-state index contributed by atoms with van der Waals surface area (Å²) in [6.45, 7) is -0.635. The van der Waals surface area contributed by atoms with Crippen molar-refractivity contribution in [2.24, 2.45) is 0 Å². The highest BCUT2D eigenvalue weighted by molar-refractivity contribution is 9.10. The van der Waals surface area contributed by atoms with Crippen LogP contribution in [-0.4, -0.2) is 72.2 Å². The Bertz CT molecular complexity index is 1970. The Morgan fingerprint density at radius 2 is 1.45 bits per heavy atom. The first kappa shape index (κ1) is 39.5. The predicted octanol–water partition coefficient (Wildman–Crippen LogP) is 6.77. The Hall–Kier alpha value is -4.75. The molecule has 53 heavy (non-hydrogen) atoms. The third-order valence-corrected chi connectivity index (χ3v) is 11.6. The molecule has 1 aliphatic rings. The van der Waals surface area contributed by atoms with Crippen LogP contribution in [-0.2, 0) is 32.6 Å². The average molecular weight is 809 g/mol. The Morgan fingerprint density at radius 3 is 2.11 bits per heavy atom. The molecule has 0 radical (unpaired) electrons. The van der Waals surface area contributed by atoms with E-state index >= 15 is 4.79 Å². The van der Waals surface area contributed by atoms with Crippen molar-refractivity contribution in [1.29, 1.82) is 0 Å². The summed E-state index contributed by atoms with van der Waals surface area (Å²) in [7, 11) is 1.24. The lowest BCUT2D eigenvalue weighted by atomic mass is 9.94. The van der Waals surface area contributed by atoms with E-state index in [0.29, 0.717) is 11.5 Å². The molecule has 282 valence electrons. The van der Waals surface area contributed by atoms with E-state index < -0.39 is 28.5 Å². The maximum atomic E-state index is 15.0. The van der Waals surface area contributed by atoms with Crippen LogP contribution in [0.5, 0.6) is 23.0 Å². The summed E-state index contributed by atoms with van der Waals surface area (Å²) in [4.78, 5) is 30.7. The zero-order valence-corrected chi connectivity index (χ0v) is 32.8. The highest BCUT2D eigenvalue weighted by Crippen LogP contribution is 2.38. The summed E-state index contributed by atoms with van der Waals surface area (Å²) >= 11 is 3.53. The monoisotopic (exact) mass is 807 g/mol. The van der Waals surface area contributed by atoms with Crippen LogP contribution in [0.2, 0.25) is 0 Å². The van der Waals surface area contributed by atoms with Gasteiger partial charge in [-0.3, -0.25) is 13.9 Å². The van der Waals surface area contributed by atoms with Gasteiger partial charge < -0.3 is 29.2 Å². The van der Waals surface area contributed by atoms with Gasteiger partial charge in [-0.25, -0.2) is 8.42 Å². The minimum atomic E-state index is -4.50. The van der Waals surface area contributed by atoms with Crippen molar-refractivity contribution in [3.63, 3.8) is 0 Å². The average Bonchev–Trinajstić information content (AvgIpc) is 3.18. The Labute approximate surface area is 320 Å². The second kappa shape index (κ2) is 18.3. The van der Waals surface area contributed by atoms with Crippen LogP contribution in [0, 0.1) is 0 Å². The highest BCUT2D eigenvalue weighted by Gasteiger charge is 2.37. The summed E-state index contributed by atoms with van der Waals surface area (Å²) in [6.07, 6.45) is 5.07. The van der Waals surface area contributed by atoms with E-state index in [1.165, 1.54) is 57.6 Å². The fourth-order valence-electron chi connectivity index (χ4n) is 6.54. The molecule has 0 bridgehead atoms. The third kappa shape index (κ3) is 9.82. The van der Waals surface area contributed by atoms with E-state index in [-0.39, 0.29) is 47.0 Å². The number of benzene rings is 4. The van der Waals surface area contributed by atoms with Gasteiger partial charge >= 0.3 is 0 Å². The predicted molar refractivity (Wildman–Crippen MR) is 207 cm³/mol. The van der Waals surface area contributed by atoms with Crippen LogP contribution < -0.4 is 28.6 Å². The molecule has 0 aliphatic heterocycles. The van der Waals surface area contributed by atoms with Crippen molar-refractivity contribution >= 4 is 43.5 Å². The Morgan fingerprint density at radius 1 is 0.774 bits per heavy atom. The molecule has 1 saturated carbocycles. The van der Waals surface area contributed by atoms with Crippen molar-refractivity contribution in [3.8, 4) is 23.0 Å². The number of rotatable bonds is 16. The Balaban J connectivity index is 1.64. The first-order valence-corrected chi connectivity index (χ1v) is 19.7. The van der Waals surface area contributed by atoms with Crippen molar-refractivity contribution in [1.82, 2.24) is 10.2 Å². The van der Waals surface area contributed by atoms with Crippen LogP contribution in [0.3, 0.4) is 0 Å². The molecule has 5 rings (SSSR count). The van der Waals surface area contributed by atoms with Gasteiger partial charge in [-0.1, -0.05) is 77.7 Å². The quantitative estimate of drug-likeness (QED) is 0.132. The van der Waals surface area contributed by atoms with Gasteiger partial charge in [0.2, 0.25) is 11.8 Å². The van der Waals surface area contributed by atoms with Crippen LogP contribution in [0.15, 0.2) is 100 Å². The molecule has 0 spiro atoms. The van der Waals surface area contributed by atoms with E-state index in [0.717, 1.165) is 52.0 Å². The number of ether oxygens (including phenoxy) is 4. The molecule has 1 unspecified atom stereocenters. The van der Waals surface area contributed by atoms with Gasteiger partial charge in [0.1, 0.15) is 24.1 Å². The molecular formula is C40H46BrN3O8S. The number of halogens is 1. The zero-order valence-electron chi connectivity index (χ0n) is 30.4. The second-order valence-electron chi connectivity index (χ2n) is 12.8. The van der Waals surface area contributed by atoms with Gasteiger partial charge in [0.15, 0.2) is 11.5 Å². The van der Waals surface area contributed by atoms with Gasteiger partial charge in [0.25, 0.3) is 10.0 Å². The van der Waals surface area contributed by atoms with Crippen LogP contribution in [0.25, 0.3) is 0 Å².